The molecule has 2 rings (SSSR count). The van der Waals surface area contributed by atoms with Crippen molar-refractivity contribution in [2.75, 3.05) is 6.61 Å². The Morgan fingerprint density at radius 1 is 1.45 bits per heavy atom. The van der Waals surface area contributed by atoms with Gasteiger partial charge >= 0.3 is 5.97 Å². The molecule has 20 heavy (non-hydrogen) atoms. The first-order chi connectivity index (χ1) is 9.56. The molecule has 1 aromatic heterocycles. The van der Waals surface area contributed by atoms with Crippen LogP contribution in [-0.4, -0.2) is 32.3 Å². The van der Waals surface area contributed by atoms with E-state index in [4.69, 9.17) is 10.2 Å². The predicted molar refractivity (Wildman–Crippen MR) is 76.9 cm³/mol. The third-order valence-corrected chi connectivity index (χ3v) is 3.51. The molecule has 1 atom stereocenters. The molecule has 0 bridgehead atoms. The van der Waals surface area contributed by atoms with E-state index in [1.54, 1.807) is 12.1 Å². The van der Waals surface area contributed by atoms with E-state index in [9.17, 15) is 4.79 Å². The van der Waals surface area contributed by atoms with Crippen LogP contribution >= 0.6 is 0 Å². The SMILES string of the molecule is CCc1nc2cc(C(=O)O)ccc2n1CC(C)CCO. The molecule has 0 amide bonds. The molecule has 0 spiro atoms. The fourth-order valence-corrected chi connectivity index (χ4v) is 2.41. The highest BCUT2D eigenvalue weighted by molar-refractivity contribution is 5.92. The van der Waals surface area contributed by atoms with Crippen LogP contribution in [0.2, 0.25) is 0 Å². The first-order valence-corrected chi connectivity index (χ1v) is 6.90. The number of rotatable bonds is 6. The zero-order valence-corrected chi connectivity index (χ0v) is 11.8. The number of fused-ring (bicyclic) bond motifs is 1. The molecular formula is C15H20N2O3. The first-order valence-electron chi connectivity index (χ1n) is 6.90. The summed E-state index contributed by atoms with van der Waals surface area (Å²) in [6.07, 6.45) is 1.54. The molecule has 0 aliphatic rings. The minimum absolute atomic E-state index is 0.179. The number of hydrogen-bond donors (Lipinski definition) is 2. The van der Waals surface area contributed by atoms with Crippen molar-refractivity contribution in [3.63, 3.8) is 0 Å². The highest BCUT2D eigenvalue weighted by atomic mass is 16.4. The Balaban J connectivity index is 2.44. The number of carboxylic acids is 1. The van der Waals surface area contributed by atoms with Gasteiger partial charge in [0.2, 0.25) is 0 Å². The van der Waals surface area contributed by atoms with E-state index in [2.05, 4.69) is 16.5 Å². The molecule has 1 unspecified atom stereocenters. The lowest BCUT2D eigenvalue weighted by molar-refractivity contribution is 0.0697. The van der Waals surface area contributed by atoms with Crippen LogP contribution in [0.4, 0.5) is 0 Å². The summed E-state index contributed by atoms with van der Waals surface area (Å²) in [4.78, 5) is 15.5. The summed E-state index contributed by atoms with van der Waals surface area (Å²) >= 11 is 0. The van der Waals surface area contributed by atoms with Crippen LogP contribution in [0.15, 0.2) is 18.2 Å². The highest BCUT2D eigenvalue weighted by Gasteiger charge is 2.14. The van der Waals surface area contributed by atoms with E-state index in [1.165, 1.54) is 0 Å². The minimum Gasteiger partial charge on any atom is -0.478 e. The zero-order chi connectivity index (χ0) is 14.7. The molecule has 0 aliphatic heterocycles. The fraction of sp³-hybridized carbons (Fsp3) is 0.467. The van der Waals surface area contributed by atoms with Gasteiger partial charge < -0.3 is 14.8 Å². The summed E-state index contributed by atoms with van der Waals surface area (Å²) in [6.45, 7) is 5.09. The van der Waals surface area contributed by atoms with Crippen molar-refractivity contribution < 1.29 is 15.0 Å². The first kappa shape index (κ1) is 14.5. The van der Waals surface area contributed by atoms with Gasteiger partial charge in [-0.25, -0.2) is 9.78 Å². The Morgan fingerprint density at radius 2 is 2.20 bits per heavy atom. The summed E-state index contributed by atoms with van der Waals surface area (Å²) in [7, 11) is 0. The molecule has 1 aromatic carbocycles. The molecule has 2 aromatic rings. The van der Waals surface area contributed by atoms with Crippen molar-refractivity contribution >= 4 is 17.0 Å². The second-order valence-corrected chi connectivity index (χ2v) is 5.12. The van der Waals surface area contributed by atoms with Gasteiger partial charge in [0.15, 0.2) is 0 Å². The van der Waals surface area contributed by atoms with Crippen LogP contribution in [0.5, 0.6) is 0 Å². The van der Waals surface area contributed by atoms with Gasteiger partial charge in [0.05, 0.1) is 16.6 Å². The van der Waals surface area contributed by atoms with E-state index >= 15 is 0 Å². The number of hydrogen-bond acceptors (Lipinski definition) is 3. The van der Waals surface area contributed by atoms with Crippen LogP contribution in [0.3, 0.4) is 0 Å². The van der Waals surface area contributed by atoms with Crippen molar-refractivity contribution in [1.82, 2.24) is 9.55 Å². The van der Waals surface area contributed by atoms with Gasteiger partial charge in [-0.1, -0.05) is 13.8 Å². The fourth-order valence-electron chi connectivity index (χ4n) is 2.41. The average molecular weight is 276 g/mol. The van der Waals surface area contributed by atoms with E-state index in [0.717, 1.165) is 36.2 Å². The Morgan fingerprint density at radius 3 is 2.80 bits per heavy atom. The van der Waals surface area contributed by atoms with Gasteiger partial charge in [-0.15, -0.1) is 0 Å². The second kappa shape index (κ2) is 6.05. The number of imidazole rings is 1. The molecule has 0 fully saturated rings. The molecule has 5 nitrogen and oxygen atoms in total. The summed E-state index contributed by atoms with van der Waals surface area (Å²) in [5.41, 5.74) is 1.93. The smallest absolute Gasteiger partial charge is 0.335 e. The van der Waals surface area contributed by atoms with E-state index in [1.807, 2.05) is 13.0 Å². The number of aliphatic hydroxyl groups excluding tert-OH is 1. The third kappa shape index (κ3) is 2.82. The third-order valence-electron chi connectivity index (χ3n) is 3.51. The Kier molecular flexibility index (Phi) is 4.39. The summed E-state index contributed by atoms with van der Waals surface area (Å²) < 4.78 is 2.13. The van der Waals surface area contributed by atoms with Gasteiger partial charge in [-0.05, 0) is 30.5 Å². The number of aromatic carboxylic acids is 1. The Labute approximate surface area is 117 Å². The maximum Gasteiger partial charge on any atom is 0.335 e. The number of aromatic nitrogens is 2. The number of carbonyl (C=O) groups is 1. The van der Waals surface area contributed by atoms with Crippen LogP contribution in [0.25, 0.3) is 11.0 Å². The molecule has 1 heterocycles. The molecule has 0 saturated carbocycles. The molecule has 0 radical (unpaired) electrons. The van der Waals surface area contributed by atoms with Gasteiger partial charge in [0.1, 0.15) is 5.82 Å². The van der Waals surface area contributed by atoms with E-state index < -0.39 is 5.97 Å². The van der Waals surface area contributed by atoms with Crippen LogP contribution < -0.4 is 0 Å². The maximum absolute atomic E-state index is 11.0. The number of carboxylic acid groups (broad SMARTS) is 1. The number of aryl methyl sites for hydroxylation is 1. The molecular weight excluding hydrogens is 256 g/mol. The van der Waals surface area contributed by atoms with E-state index in [0.29, 0.717) is 5.92 Å². The van der Waals surface area contributed by atoms with Crippen LogP contribution in [0.1, 0.15) is 36.5 Å². The molecule has 108 valence electrons. The number of nitrogens with zero attached hydrogens (tertiary/aromatic N) is 2. The van der Waals surface area contributed by atoms with Gasteiger partial charge in [-0.2, -0.15) is 0 Å². The lowest BCUT2D eigenvalue weighted by Crippen LogP contribution is -2.11. The van der Waals surface area contributed by atoms with Crippen molar-refractivity contribution in [1.29, 1.82) is 0 Å². The molecule has 0 saturated heterocycles. The molecule has 2 N–H and O–H groups in total. The predicted octanol–water partition coefficient (Wildman–Crippen LogP) is 2.32. The zero-order valence-electron chi connectivity index (χ0n) is 11.8. The van der Waals surface area contributed by atoms with E-state index in [-0.39, 0.29) is 12.2 Å². The largest absolute Gasteiger partial charge is 0.478 e. The average Bonchev–Trinajstić information content (AvgIpc) is 2.76. The maximum atomic E-state index is 11.0. The normalized spacial score (nSPS) is 12.8. The standard InChI is InChI=1S/C15H20N2O3/c1-3-14-16-12-8-11(15(19)20)4-5-13(12)17(14)9-10(2)6-7-18/h4-5,8,10,18H,3,6-7,9H2,1-2H3,(H,19,20). The van der Waals surface area contributed by atoms with Crippen molar-refractivity contribution in [2.45, 2.75) is 33.2 Å². The minimum atomic E-state index is -0.937. The Bertz CT molecular complexity index is 619. The van der Waals surface area contributed by atoms with Gasteiger partial charge in [-0.3, -0.25) is 0 Å². The lowest BCUT2D eigenvalue weighted by atomic mass is 10.1. The highest BCUT2D eigenvalue weighted by Crippen LogP contribution is 2.21. The van der Waals surface area contributed by atoms with Crippen LogP contribution in [0, 0.1) is 5.92 Å². The van der Waals surface area contributed by atoms with Crippen LogP contribution in [-0.2, 0) is 13.0 Å². The Hall–Kier alpha value is -1.88. The summed E-state index contributed by atoms with van der Waals surface area (Å²) in [5, 5.41) is 18.0. The van der Waals surface area contributed by atoms with Crippen molar-refractivity contribution in [2.24, 2.45) is 5.92 Å². The summed E-state index contributed by atoms with van der Waals surface area (Å²) in [6, 6.07) is 5.04. The quantitative estimate of drug-likeness (QED) is 0.849. The number of benzene rings is 1. The topological polar surface area (TPSA) is 75.3 Å². The molecule has 0 aliphatic carbocycles. The lowest BCUT2D eigenvalue weighted by Gasteiger charge is -2.14. The molecule has 5 heteroatoms. The second-order valence-electron chi connectivity index (χ2n) is 5.12. The van der Waals surface area contributed by atoms with Crippen molar-refractivity contribution in [3.05, 3.63) is 29.6 Å². The summed E-state index contributed by atoms with van der Waals surface area (Å²) in [5.74, 6) is 0.363. The van der Waals surface area contributed by atoms with Gasteiger partial charge in [0.25, 0.3) is 0 Å². The van der Waals surface area contributed by atoms with Gasteiger partial charge in [0, 0.05) is 19.6 Å². The van der Waals surface area contributed by atoms with Crippen molar-refractivity contribution in [3.8, 4) is 0 Å². The number of aliphatic hydroxyl groups is 1. The monoisotopic (exact) mass is 276 g/mol.